The number of carbonyl (C=O) groups is 1. The summed E-state index contributed by atoms with van der Waals surface area (Å²) in [5, 5.41) is 3.82. The Labute approximate surface area is 234 Å². The van der Waals surface area contributed by atoms with Gasteiger partial charge in [0.05, 0.1) is 29.5 Å². The van der Waals surface area contributed by atoms with E-state index in [0.717, 1.165) is 54.4 Å². The third-order valence-corrected chi connectivity index (χ3v) is 7.32. The van der Waals surface area contributed by atoms with Crippen molar-refractivity contribution >= 4 is 46.5 Å². The summed E-state index contributed by atoms with van der Waals surface area (Å²) in [6.45, 7) is 12.9. The number of benzene rings is 2. The summed E-state index contributed by atoms with van der Waals surface area (Å²) in [4.78, 5) is 30.9. The molecule has 0 unspecified atom stereocenters. The van der Waals surface area contributed by atoms with Gasteiger partial charge in [-0.25, -0.2) is 9.78 Å². The van der Waals surface area contributed by atoms with Crippen molar-refractivity contribution in [1.29, 1.82) is 0 Å². The Morgan fingerprint density at radius 2 is 1.97 bits per heavy atom. The number of rotatable bonds is 8. The second kappa shape index (κ2) is 11.5. The fraction of sp³-hybridized carbons (Fsp3) is 0.345. The van der Waals surface area contributed by atoms with Crippen LogP contribution in [0.4, 0.5) is 33.6 Å². The second-order valence-electron chi connectivity index (χ2n) is 9.75. The first-order valence-electron chi connectivity index (χ1n) is 13.2. The molecule has 1 fully saturated rings. The summed E-state index contributed by atoms with van der Waals surface area (Å²) in [7, 11) is 2.14. The number of para-hydroxylation sites is 1. The van der Waals surface area contributed by atoms with E-state index in [0.29, 0.717) is 42.2 Å². The lowest BCUT2D eigenvalue weighted by Crippen LogP contribution is -2.48. The Bertz CT molecular complexity index is 1350. The molecule has 0 saturated carbocycles. The Balaban J connectivity index is 1.43. The van der Waals surface area contributed by atoms with Crippen LogP contribution in [0.2, 0.25) is 5.02 Å². The van der Waals surface area contributed by atoms with E-state index in [4.69, 9.17) is 21.3 Å². The maximum absolute atomic E-state index is 13.6. The number of hydrogen-bond acceptors (Lipinski definition) is 7. The Hall–Kier alpha value is -3.82. The lowest BCUT2D eigenvalue weighted by molar-refractivity contribution is 0.250. The van der Waals surface area contributed by atoms with E-state index in [1.807, 2.05) is 38.1 Å². The number of nitrogens with zero attached hydrogens (tertiary/aromatic N) is 6. The molecule has 5 rings (SSSR count). The monoisotopic (exact) mass is 547 g/mol. The first-order chi connectivity index (χ1) is 18.9. The number of ether oxygens (including phenoxy) is 1. The van der Waals surface area contributed by atoms with Gasteiger partial charge in [0.2, 0.25) is 5.95 Å². The van der Waals surface area contributed by atoms with Crippen molar-refractivity contribution in [3.8, 4) is 5.75 Å². The normalized spacial score (nSPS) is 15.8. The van der Waals surface area contributed by atoms with Crippen LogP contribution in [0, 0.1) is 6.92 Å². The molecule has 2 aliphatic heterocycles. The average molecular weight is 548 g/mol. The molecule has 3 heterocycles. The van der Waals surface area contributed by atoms with Gasteiger partial charge in [-0.05, 0) is 44.7 Å². The van der Waals surface area contributed by atoms with Gasteiger partial charge in [-0.15, -0.1) is 6.58 Å². The molecule has 1 N–H and O–H groups in total. The fourth-order valence-corrected chi connectivity index (χ4v) is 5.34. The van der Waals surface area contributed by atoms with E-state index in [9.17, 15) is 4.79 Å². The highest BCUT2D eigenvalue weighted by atomic mass is 35.5. The van der Waals surface area contributed by atoms with Crippen LogP contribution in [-0.4, -0.2) is 67.3 Å². The van der Waals surface area contributed by atoms with Gasteiger partial charge in [0.25, 0.3) is 0 Å². The summed E-state index contributed by atoms with van der Waals surface area (Å²) in [6.07, 6.45) is 3.44. The molecule has 10 heteroatoms. The largest absolute Gasteiger partial charge is 0.492 e. The van der Waals surface area contributed by atoms with Gasteiger partial charge < -0.3 is 19.9 Å². The molecule has 204 valence electrons. The van der Waals surface area contributed by atoms with Gasteiger partial charge in [0, 0.05) is 56.2 Å². The van der Waals surface area contributed by atoms with E-state index >= 15 is 0 Å². The standard InChI is InChI=1S/C29H34ClN7O2/c1-5-12-36-27-21(19-37(29(36)38)26-20(3)8-7-9-23(26)30)18-31-28(33-27)32-22-10-11-24(25(17-22)39-6-2)35-15-13-34(4)14-16-35/h5,7-11,17-18H,1,6,12-16,19H2,2-4H3,(H,31,32,33). The summed E-state index contributed by atoms with van der Waals surface area (Å²) in [5.41, 5.74) is 4.32. The van der Waals surface area contributed by atoms with Crippen molar-refractivity contribution in [3.05, 3.63) is 71.4 Å². The SMILES string of the molecule is C=CCN1C(=O)N(c2c(C)cccc2Cl)Cc2cnc(Nc3ccc(N4CCN(C)CC4)c(OCC)c3)nc21. The molecule has 39 heavy (non-hydrogen) atoms. The topological polar surface area (TPSA) is 77.1 Å². The van der Waals surface area contributed by atoms with Crippen molar-refractivity contribution in [1.82, 2.24) is 14.9 Å². The minimum absolute atomic E-state index is 0.210. The van der Waals surface area contributed by atoms with Gasteiger partial charge in [-0.1, -0.05) is 29.8 Å². The lowest BCUT2D eigenvalue weighted by atomic mass is 10.1. The van der Waals surface area contributed by atoms with Gasteiger partial charge in [0.15, 0.2) is 0 Å². The number of urea groups is 1. The van der Waals surface area contributed by atoms with Gasteiger partial charge >= 0.3 is 6.03 Å². The number of piperazine rings is 1. The van der Waals surface area contributed by atoms with Gasteiger partial charge in [-0.2, -0.15) is 4.98 Å². The minimum atomic E-state index is -0.210. The smallest absolute Gasteiger partial charge is 0.330 e. The summed E-state index contributed by atoms with van der Waals surface area (Å²) in [6, 6.07) is 11.5. The number of aromatic nitrogens is 2. The maximum Gasteiger partial charge on any atom is 0.330 e. The molecule has 2 aromatic carbocycles. The third kappa shape index (κ3) is 5.51. The number of anilines is 5. The van der Waals surface area contributed by atoms with Crippen LogP contribution in [0.5, 0.6) is 5.75 Å². The molecule has 0 bridgehead atoms. The van der Waals surface area contributed by atoms with Crippen LogP contribution in [-0.2, 0) is 6.54 Å². The number of amides is 2. The minimum Gasteiger partial charge on any atom is -0.492 e. The van der Waals surface area contributed by atoms with Crippen molar-refractivity contribution in [3.63, 3.8) is 0 Å². The Morgan fingerprint density at radius 1 is 1.18 bits per heavy atom. The molecule has 2 aliphatic rings. The zero-order valence-corrected chi connectivity index (χ0v) is 23.4. The van der Waals surface area contributed by atoms with E-state index in [1.54, 1.807) is 28.1 Å². The molecule has 0 atom stereocenters. The highest BCUT2D eigenvalue weighted by Crippen LogP contribution is 2.37. The molecular formula is C29H34ClN7O2. The molecule has 1 saturated heterocycles. The van der Waals surface area contributed by atoms with Crippen LogP contribution >= 0.6 is 11.6 Å². The molecule has 2 amide bonds. The quantitative estimate of drug-likeness (QED) is 0.375. The Kier molecular flexibility index (Phi) is 7.90. The number of fused-ring (bicyclic) bond motifs is 1. The maximum atomic E-state index is 13.6. The van der Waals surface area contributed by atoms with Gasteiger partial charge in [0.1, 0.15) is 11.6 Å². The molecule has 0 radical (unpaired) electrons. The number of aryl methyl sites for hydroxylation is 1. The number of likely N-dealkylation sites (N-methyl/N-ethyl adjacent to an activating group) is 1. The van der Waals surface area contributed by atoms with Crippen molar-refractivity contribution in [2.75, 3.05) is 66.4 Å². The summed E-state index contributed by atoms with van der Waals surface area (Å²) < 4.78 is 6.01. The van der Waals surface area contributed by atoms with Crippen LogP contribution in [0.15, 0.2) is 55.3 Å². The molecule has 3 aromatic rings. The number of carbonyl (C=O) groups excluding carboxylic acids is 1. The first kappa shape index (κ1) is 26.8. The van der Waals surface area contributed by atoms with E-state index < -0.39 is 0 Å². The Morgan fingerprint density at radius 3 is 2.69 bits per heavy atom. The van der Waals surface area contributed by atoms with Crippen molar-refractivity contribution < 1.29 is 9.53 Å². The second-order valence-corrected chi connectivity index (χ2v) is 10.2. The van der Waals surface area contributed by atoms with Crippen LogP contribution in [0.25, 0.3) is 0 Å². The van der Waals surface area contributed by atoms with Crippen molar-refractivity contribution in [2.45, 2.75) is 20.4 Å². The summed E-state index contributed by atoms with van der Waals surface area (Å²) in [5.74, 6) is 1.77. The highest BCUT2D eigenvalue weighted by Gasteiger charge is 2.34. The number of nitrogens with one attached hydrogen (secondary N) is 1. The van der Waals surface area contributed by atoms with Crippen LogP contribution < -0.4 is 24.8 Å². The molecule has 0 spiro atoms. The lowest BCUT2D eigenvalue weighted by Gasteiger charge is -2.36. The number of hydrogen-bond donors (Lipinski definition) is 1. The highest BCUT2D eigenvalue weighted by molar-refractivity contribution is 6.34. The average Bonchev–Trinajstić information content (AvgIpc) is 2.92. The van der Waals surface area contributed by atoms with E-state index in [-0.39, 0.29) is 6.03 Å². The predicted molar refractivity (Wildman–Crippen MR) is 158 cm³/mol. The van der Waals surface area contributed by atoms with Gasteiger partial charge in [-0.3, -0.25) is 9.80 Å². The zero-order valence-electron chi connectivity index (χ0n) is 22.7. The molecule has 9 nitrogen and oxygen atoms in total. The van der Waals surface area contributed by atoms with E-state index in [1.165, 1.54) is 0 Å². The fourth-order valence-electron chi connectivity index (χ4n) is 5.01. The zero-order chi connectivity index (χ0) is 27.5. The molecule has 1 aromatic heterocycles. The van der Waals surface area contributed by atoms with Crippen molar-refractivity contribution in [2.24, 2.45) is 0 Å². The predicted octanol–water partition coefficient (Wildman–Crippen LogP) is 5.47. The first-order valence-corrected chi connectivity index (χ1v) is 13.6. The number of halogens is 1. The van der Waals surface area contributed by atoms with E-state index in [2.05, 4.69) is 39.8 Å². The third-order valence-electron chi connectivity index (χ3n) is 7.02. The van der Waals surface area contributed by atoms with Crippen LogP contribution in [0.1, 0.15) is 18.1 Å². The molecular weight excluding hydrogens is 514 g/mol. The van der Waals surface area contributed by atoms with Crippen LogP contribution in [0.3, 0.4) is 0 Å². The molecule has 0 aliphatic carbocycles. The summed E-state index contributed by atoms with van der Waals surface area (Å²) >= 11 is 6.51.